The molecule has 8 N–H and O–H groups in total. The summed E-state index contributed by atoms with van der Waals surface area (Å²) in [5.74, 6) is -1.42. The van der Waals surface area contributed by atoms with Crippen LogP contribution in [-0.2, 0) is 32.7 Å². The highest BCUT2D eigenvalue weighted by Gasteiger charge is 2.51. The lowest BCUT2D eigenvalue weighted by molar-refractivity contribution is -0.220. The zero-order valence-electron chi connectivity index (χ0n) is 38.7. The molecule has 0 amide bonds. The lowest BCUT2D eigenvalue weighted by Crippen LogP contribution is -2.64. The number of esters is 2. The second-order valence-electron chi connectivity index (χ2n) is 16.2. The number of unbranched alkanes of at least 4 members (excludes halogenated alkanes) is 7. The molecule has 0 spiro atoms. The summed E-state index contributed by atoms with van der Waals surface area (Å²) in [5.41, 5.74) is 0. The highest BCUT2D eigenvalue weighted by atomic mass is 31.2. The van der Waals surface area contributed by atoms with Crippen molar-refractivity contribution in [2.75, 3.05) is 13.2 Å². The number of hydrogen-bond donors (Lipinski definition) is 8. The summed E-state index contributed by atoms with van der Waals surface area (Å²) in [4.78, 5) is 35.8. The first-order chi connectivity index (χ1) is 31.2. The largest absolute Gasteiger partial charge is 0.472 e. The van der Waals surface area contributed by atoms with Crippen LogP contribution in [0.1, 0.15) is 142 Å². The van der Waals surface area contributed by atoms with Crippen molar-refractivity contribution in [3.05, 3.63) is 85.1 Å². The highest BCUT2D eigenvalue weighted by molar-refractivity contribution is 7.47. The van der Waals surface area contributed by atoms with Gasteiger partial charge in [-0.1, -0.05) is 125 Å². The van der Waals surface area contributed by atoms with Gasteiger partial charge in [0.15, 0.2) is 6.10 Å². The van der Waals surface area contributed by atoms with Crippen LogP contribution in [0.25, 0.3) is 0 Å². The zero-order valence-corrected chi connectivity index (χ0v) is 39.6. The molecule has 16 heteroatoms. The van der Waals surface area contributed by atoms with Gasteiger partial charge in [0.1, 0.15) is 43.2 Å². The third-order valence-corrected chi connectivity index (χ3v) is 11.4. The van der Waals surface area contributed by atoms with Crippen molar-refractivity contribution in [2.45, 2.75) is 197 Å². The fraction of sp³-hybridized carbons (Fsp3) is 0.673. The van der Waals surface area contributed by atoms with Crippen LogP contribution in [0.4, 0.5) is 0 Å². The average Bonchev–Trinajstić information content (AvgIpc) is 3.28. The minimum atomic E-state index is -5.21. The molecular weight excluding hydrogens is 859 g/mol. The number of ether oxygens (including phenoxy) is 2. The molecule has 3 unspecified atom stereocenters. The number of phosphoric acid groups is 1. The van der Waals surface area contributed by atoms with Crippen molar-refractivity contribution in [3.8, 4) is 0 Å². The summed E-state index contributed by atoms with van der Waals surface area (Å²) in [6.07, 6.45) is 27.8. The Bertz CT molecular complexity index is 1490. The molecule has 0 bridgehead atoms. The minimum Gasteiger partial charge on any atom is -0.462 e. The molecule has 0 aromatic rings. The lowest BCUT2D eigenvalue weighted by Gasteiger charge is -2.41. The smallest absolute Gasteiger partial charge is 0.462 e. The second kappa shape index (κ2) is 38.0. The molecule has 0 aliphatic heterocycles. The topological polar surface area (TPSA) is 250 Å². The Morgan fingerprint density at radius 3 is 1.58 bits per heavy atom. The van der Waals surface area contributed by atoms with Crippen molar-refractivity contribution >= 4 is 19.8 Å². The van der Waals surface area contributed by atoms with E-state index in [9.17, 15) is 54.8 Å². The molecule has 0 saturated heterocycles. The molecule has 1 fully saturated rings. The minimum absolute atomic E-state index is 0.0586. The summed E-state index contributed by atoms with van der Waals surface area (Å²) in [6, 6.07) is 0. The highest BCUT2D eigenvalue weighted by Crippen LogP contribution is 2.47. The quantitative estimate of drug-likeness (QED) is 0.0133. The number of aliphatic hydroxyl groups is 7. The van der Waals surface area contributed by atoms with Crippen LogP contribution in [0.15, 0.2) is 85.1 Å². The predicted molar refractivity (Wildman–Crippen MR) is 251 cm³/mol. The van der Waals surface area contributed by atoms with E-state index in [-0.39, 0.29) is 32.1 Å². The molecule has 0 aromatic heterocycles. The number of hydrogen-bond acceptors (Lipinski definition) is 14. The predicted octanol–water partition coefficient (Wildman–Crippen LogP) is 7.22. The van der Waals surface area contributed by atoms with Crippen molar-refractivity contribution < 1.29 is 73.3 Å². The van der Waals surface area contributed by atoms with E-state index in [4.69, 9.17) is 18.5 Å². The number of allylic oxidation sites excluding steroid dienone is 13. The van der Waals surface area contributed by atoms with Crippen molar-refractivity contribution in [1.29, 1.82) is 0 Å². The SMILES string of the molecule is CC/C=C\C/C=C\C/C=C\C/C=C\C[C@@H](O)[C@H](O)CCCC(=O)O[C@H](COC(=O)CCCCCC/C=C\C/C=C\C/C=C\CCCCC)COP(=O)(O)OC1[C@H](O)[C@H](O)C(O)[C@H](O)[C@H]1O. The standard InChI is InChI=1S/C49H81O15P/c1-3-5-7-9-11-13-15-17-18-19-20-21-23-25-27-29-31-35-42(52)61-37-39(38-62-65(59,60)64-49-47(57)45(55)44(54)46(56)48(49)58)63-43(53)36-32-34-41(51)40(50)33-30-28-26-24-22-16-14-12-10-8-6-4-2/h6,8,11-14,17-18,20-22,24,28,30,39-41,44-51,54-58H,3-5,7,9-10,15-16,19,23,25-27,29,31-38H2,1-2H3,(H,59,60)/b8-6-,13-11-,14-12-,18-17-,21-20-,24-22-,30-28-/t39-,40-,41-,44?,45-,46+,47-,48-,49?/m1/s1. The van der Waals surface area contributed by atoms with Crippen LogP contribution in [0.3, 0.4) is 0 Å². The van der Waals surface area contributed by atoms with Gasteiger partial charge in [-0.3, -0.25) is 18.6 Å². The van der Waals surface area contributed by atoms with Crippen molar-refractivity contribution in [1.82, 2.24) is 0 Å². The second-order valence-corrected chi connectivity index (χ2v) is 17.6. The first kappa shape index (κ1) is 60.0. The molecule has 0 radical (unpaired) electrons. The van der Waals surface area contributed by atoms with E-state index in [0.29, 0.717) is 12.8 Å². The van der Waals surface area contributed by atoms with Crippen LogP contribution < -0.4 is 0 Å². The maximum Gasteiger partial charge on any atom is 0.472 e. The average molecular weight is 941 g/mol. The first-order valence-corrected chi connectivity index (χ1v) is 25.1. The van der Waals surface area contributed by atoms with E-state index in [2.05, 4.69) is 74.6 Å². The molecule has 1 saturated carbocycles. The Morgan fingerprint density at radius 2 is 1.03 bits per heavy atom. The Hall–Kier alpha value is -3.05. The van der Waals surface area contributed by atoms with Crippen LogP contribution in [-0.4, -0.2) is 121 Å². The molecule has 1 aliphatic rings. The third kappa shape index (κ3) is 30.1. The number of carbonyl (C=O) groups is 2. The van der Waals surface area contributed by atoms with Crippen LogP contribution in [0.5, 0.6) is 0 Å². The van der Waals surface area contributed by atoms with Crippen molar-refractivity contribution in [2.24, 2.45) is 0 Å². The van der Waals surface area contributed by atoms with Gasteiger partial charge in [-0.2, -0.15) is 0 Å². The van der Waals surface area contributed by atoms with Gasteiger partial charge in [-0.25, -0.2) is 4.57 Å². The maximum absolute atomic E-state index is 12.8. The third-order valence-electron chi connectivity index (χ3n) is 10.4. The normalized spacial score (nSPS) is 23.2. The van der Waals surface area contributed by atoms with Gasteiger partial charge in [0.25, 0.3) is 0 Å². The molecule has 0 aromatic carbocycles. The molecular formula is C49H81O15P. The van der Waals surface area contributed by atoms with E-state index in [1.807, 2.05) is 18.2 Å². The summed E-state index contributed by atoms with van der Waals surface area (Å²) in [6.45, 7) is 2.88. The molecule has 0 heterocycles. The number of phosphoric ester groups is 1. The number of rotatable bonds is 37. The molecule has 372 valence electrons. The Kier molecular flexibility index (Phi) is 35.0. The van der Waals surface area contributed by atoms with E-state index >= 15 is 0 Å². The lowest BCUT2D eigenvalue weighted by atomic mass is 9.85. The fourth-order valence-corrected chi connectivity index (χ4v) is 7.47. The Morgan fingerprint density at radius 1 is 0.554 bits per heavy atom. The number of carbonyl (C=O) groups excluding carboxylic acids is 2. The molecule has 1 aliphatic carbocycles. The van der Waals surface area contributed by atoms with Crippen LogP contribution in [0.2, 0.25) is 0 Å². The molecule has 1 rings (SSSR count). The van der Waals surface area contributed by atoms with Gasteiger partial charge >= 0.3 is 19.8 Å². The van der Waals surface area contributed by atoms with E-state index in [1.165, 1.54) is 19.3 Å². The summed E-state index contributed by atoms with van der Waals surface area (Å²) < 4.78 is 33.3. The van der Waals surface area contributed by atoms with Crippen molar-refractivity contribution in [3.63, 3.8) is 0 Å². The molecule has 15 nitrogen and oxygen atoms in total. The monoisotopic (exact) mass is 941 g/mol. The Balaban J connectivity index is 2.59. The van der Waals surface area contributed by atoms with Gasteiger partial charge in [-0.05, 0) is 89.9 Å². The van der Waals surface area contributed by atoms with E-state index in [0.717, 1.165) is 64.2 Å². The molecule has 65 heavy (non-hydrogen) atoms. The summed E-state index contributed by atoms with van der Waals surface area (Å²) in [7, 11) is -5.21. The van der Waals surface area contributed by atoms with Gasteiger partial charge in [0.2, 0.25) is 0 Å². The zero-order chi connectivity index (χ0) is 48.1. The van der Waals surface area contributed by atoms with Gasteiger partial charge in [0.05, 0.1) is 18.8 Å². The summed E-state index contributed by atoms with van der Waals surface area (Å²) in [5, 5.41) is 71.0. The Labute approximate surface area is 387 Å². The van der Waals surface area contributed by atoms with Gasteiger partial charge < -0.3 is 50.1 Å². The maximum atomic E-state index is 12.8. The first-order valence-electron chi connectivity index (χ1n) is 23.6. The van der Waals surface area contributed by atoms with Crippen LogP contribution >= 0.6 is 7.82 Å². The van der Waals surface area contributed by atoms with Gasteiger partial charge in [-0.15, -0.1) is 0 Å². The molecule has 10 atom stereocenters. The van der Waals surface area contributed by atoms with Gasteiger partial charge in [0, 0.05) is 12.8 Å². The van der Waals surface area contributed by atoms with E-state index in [1.54, 1.807) is 6.08 Å². The van der Waals surface area contributed by atoms with Crippen LogP contribution in [0, 0.1) is 0 Å². The van der Waals surface area contributed by atoms with E-state index < -0.39 is 87.9 Å². The fourth-order valence-electron chi connectivity index (χ4n) is 6.50. The number of aliphatic hydroxyl groups excluding tert-OH is 7. The summed E-state index contributed by atoms with van der Waals surface area (Å²) >= 11 is 0.